The van der Waals surface area contributed by atoms with Gasteiger partial charge in [0.15, 0.2) is 0 Å². The number of amides is 1. The highest BCUT2D eigenvalue weighted by atomic mass is 16.5. The van der Waals surface area contributed by atoms with Crippen molar-refractivity contribution in [2.75, 3.05) is 5.32 Å². The molecule has 1 N–H and O–H groups in total. The molecule has 0 spiro atoms. The fourth-order valence-electron chi connectivity index (χ4n) is 3.57. The second-order valence-electron chi connectivity index (χ2n) is 7.18. The van der Waals surface area contributed by atoms with Crippen molar-refractivity contribution < 1.29 is 9.32 Å². The lowest BCUT2D eigenvalue weighted by Gasteiger charge is -2.12. The summed E-state index contributed by atoms with van der Waals surface area (Å²) >= 11 is 0. The zero-order valence-electron chi connectivity index (χ0n) is 16.8. The Bertz CT molecular complexity index is 1360. The standard InChI is InChI=1S/C24H19N5O2/c1-16-22-19(14-21(27-24(22)31-28-16)17-8-3-2-4-9-17)23(30)26-20-11-6-5-10-18(20)15-29-13-7-12-25-29/h2-14H,15H2,1H3,(H,26,30). The van der Waals surface area contributed by atoms with Crippen LogP contribution >= 0.6 is 0 Å². The van der Waals surface area contributed by atoms with Crippen LogP contribution in [0.25, 0.3) is 22.4 Å². The number of hydrogen-bond donors (Lipinski definition) is 1. The molecule has 0 bridgehead atoms. The average Bonchev–Trinajstić information content (AvgIpc) is 3.45. The number of aryl methyl sites for hydroxylation is 1. The Kier molecular flexibility index (Phi) is 4.76. The van der Waals surface area contributed by atoms with Crippen LogP contribution in [0.2, 0.25) is 0 Å². The first kappa shape index (κ1) is 18.7. The first-order valence-electron chi connectivity index (χ1n) is 9.88. The molecule has 0 radical (unpaired) electrons. The fraction of sp³-hybridized carbons (Fsp3) is 0.0833. The molecule has 0 aliphatic rings. The van der Waals surface area contributed by atoms with Crippen LogP contribution in [-0.2, 0) is 6.54 Å². The topological polar surface area (TPSA) is 85.8 Å². The Hall–Kier alpha value is -4.26. The number of fused-ring (bicyclic) bond motifs is 1. The molecule has 1 amide bonds. The Labute approximate surface area is 178 Å². The molecule has 5 rings (SSSR count). The number of aromatic nitrogens is 4. The first-order chi connectivity index (χ1) is 15.2. The van der Waals surface area contributed by atoms with Gasteiger partial charge in [-0.3, -0.25) is 9.48 Å². The number of pyridine rings is 1. The summed E-state index contributed by atoms with van der Waals surface area (Å²) in [6.07, 6.45) is 3.62. The molecule has 0 saturated carbocycles. The van der Waals surface area contributed by atoms with E-state index in [4.69, 9.17) is 4.52 Å². The van der Waals surface area contributed by atoms with Gasteiger partial charge in [-0.2, -0.15) is 5.10 Å². The SMILES string of the molecule is Cc1noc2nc(-c3ccccc3)cc(C(=O)Nc3ccccc3Cn3cccn3)c12. The van der Waals surface area contributed by atoms with Crippen LogP contribution in [-0.4, -0.2) is 25.8 Å². The van der Waals surface area contributed by atoms with E-state index in [9.17, 15) is 4.79 Å². The van der Waals surface area contributed by atoms with Gasteiger partial charge in [-0.25, -0.2) is 4.98 Å². The number of rotatable bonds is 5. The Morgan fingerprint density at radius 3 is 2.68 bits per heavy atom. The zero-order chi connectivity index (χ0) is 21.2. The van der Waals surface area contributed by atoms with E-state index >= 15 is 0 Å². The van der Waals surface area contributed by atoms with Gasteiger partial charge >= 0.3 is 0 Å². The molecule has 3 heterocycles. The van der Waals surface area contributed by atoms with Crippen LogP contribution in [0.1, 0.15) is 21.6 Å². The number of carbonyl (C=O) groups is 1. The van der Waals surface area contributed by atoms with Gasteiger partial charge in [-0.05, 0) is 30.7 Å². The van der Waals surface area contributed by atoms with Crippen molar-refractivity contribution in [3.05, 3.63) is 95.9 Å². The third-order valence-electron chi connectivity index (χ3n) is 5.09. The maximum absolute atomic E-state index is 13.4. The summed E-state index contributed by atoms with van der Waals surface area (Å²) in [5, 5.41) is 11.9. The number of hydrogen-bond acceptors (Lipinski definition) is 5. The van der Waals surface area contributed by atoms with Crippen molar-refractivity contribution in [1.29, 1.82) is 0 Å². The van der Waals surface area contributed by atoms with E-state index in [2.05, 4.69) is 20.6 Å². The minimum atomic E-state index is -0.246. The predicted molar refractivity (Wildman–Crippen MR) is 118 cm³/mol. The Morgan fingerprint density at radius 2 is 1.87 bits per heavy atom. The highest BCUT2D eigenvalue weighted by Crippen LogP contribution is 2.28. The number of nitrogens with one attached hydrogen (secondary N) is 1. The first-order valence-corrected chi connectivity index (χ1v) is 9.88. The summed E-state index contributed by atoms with van der Waals surface area (Å²) in [4.78, 5) is 17.9. The Balaban J connectivity index is 1.54. The molecule has 0 aliphatic carbocycles. The lowest BCUT2D eigenvalue weighted by Crippen LogP contribution is -2.15. The van der Waals surface area contributed by atoms with E-state index in [1.807, 2.05) is 71.5 Å². The van der Waals surface area contributed by atoms with E-state index in [-0.39, 0.29) is 5.91 Å². The molecule has 3 aromatic heterocycles. The molecule has 0 unspecified atom stereocenters. The number of carbonyl (C=O) groups excluding carboxylic acids is 1. The van der Waals surface area contributed by atoms with Gasteiger partial charge in [0.2, 0.25) is 0 Å². The van der Waals surface area contributed by atoms with Crippen LogP contribution in [0.15, 0.2) is 83.6 Å². The highest BCUT2D eigenvalue weighted by molar-refractivity contribution is 6.13. The van der Waals surface area contributed by atoms with Crippen LogP contribution in [0, 0.1) is 6.92 Å². The summed E-state index contributed by atoms with van der Waals surface area (Å²) in [6, 6.07) is 21.0. The molecule has 0 fully saturated rings. The van der Waals surface area contributed by atoms with Crippen molar-refractivity contribution in [3.63, 3.8) is 0 Å². The predicted octanol–water partition coefficient (Wildman–Crippen LogP) is 4.70. The maximum Gasteiger partial charge on any atom is 0.259 e. The van der Waals surface area contributed by atoms with Gasteiger partial charge in [-0.15, -0.1) is 0 Å². The van der Waals surface area contributed by atoms with Crippen LogP contribution < -0.4 is 5.32 Å². The Morgan fingerprint density at radius 1 is 1.06 bits per heavy atom. The molecular weight excluding hydrogens is 390 g/mol. The summed E-state index contributed by atoms with van der Waals surface area (Å²) in [7, 11) is 0. The lowest BCUT2D eigenvalue weighted by atomic mass is 10.0. The van der Waals surface area contributed by atoms with E-state index in [1.165, 1.54) is 0 Å². The molecule has 0 aliphatic heterocycles. The quantitative estimate of drug-likeness (QED) is 0.455. The van der Waals surface area contributed by atoms with Crippen LogP contribution in [0.4, 0.5) is 5.69 Å². The minimum Gasteiger partial charge on any atom is -0.335 e. The number of para-hydroxylation sites is 1. The summed E-state index contributed by atoms with van der Waals surface area (Å²) in [5.74, 6) is -0.246. The van der Waals surface area contributed by atoms with Crippen molar-refractivity contribution in [2.45, 2.75) is 13.5 Å². The molecule has 0 saturated heterocycles. The smallest absolute Gasteiger partial charge is 0.259 e. The second-order valence-corrected chi connectivity index (χ2v) is 7.18. The van der Waals surface area contributed by atoms with Gasteiger partial charge in [0.05, 0.1) is 28.9 Å². The van der Waals surface area contributed by atoms with Crippen molar-refractivity contribution in [3.8, 4) is 11.3 Å². The lowest BCUT2D eigenvalue weighted by molar-refractivity contribution is 0.102. The summed E-state index contributed by atoms with van der Waals surface area (Å²) in [5.41, 5.74) is 4.66. The fourth-order valence-corrected chi connectivity index (χ4v) is 3.57. The molecule has 0 atom stereocenters. The summed E-state index contributed by atoms with van der Waals surface area (Å²) in [6.45, 7) is 2.36. The molecule has 31 heavy (non-hydrogen) atoms. The molecule has 7 heteroatoms. The maximum atomic E-state index is 13.4. The summed E-state index contributed by atoms with van der Waals surface area (Å²) < 4.78 is 7.21. The molecular formula is C24H19N5O2. The van der Waals surface area contributed by atoms with E-state index < -0.39 is 0 Å². The highest BCUT2D eigenvalue weighted by Gasteiger charge is 2.20. The van der Waals surface area contributed by atoms with Crippen molar-refractivity contribution in [2.24, 2.45) is 0 Å². The number of nitrogens with zero attached hydrogens (tertiary/aromatic N) is 4. The third-order valence-corrected chi connectivity index (χ3v) is 5.09. The van der Waals surface area contributed by atoms with E-state index in [0.29, 0.717) is 34.6 Å². The van der Waals surface area contributed by atoms with E-state index in [0.717, 1.165) is 16.8 Å². The van der Waals surface area contributed by atoms with Crippen molar-refractivity contribution >= 4 is 22.7 Å². The second kappa shape index (κ2) is 7.87. The average molecular weight is 409 g/mol. The van der Waals surface area contributed by atoms with Gasteiger partial charge in [0.1, 0.15) is 0 Å². The van der Waals surface area contributed by atoms with Crippen molar-refractivity contribution in [1.82, 2.24) is 19.9 Å². The molecule has 2 aromatic carbocycles. The largest absolute Gasteiger partial charge is 0.335 e. The molecule has 152 valence electrons. The minimum absolute atomic E-state index is 0.246. The van der Waals surface area contributed by atoms with Gasteiger partial charge in [0.25, 0.3) is 11.6 Å². The van der Waals surface area contributed by atoms with Gasteiger partial charge in [0, 0.05) is 23.6 Å². The normalized spacial score (nSPS) is 11.0. The number of benzene rings is 2. The molecule has 5 aromatic rings. The van der Waals surface area contributed by atoms with Crippen LogP contribution in [0.3, 0.4) is 0 Å². The monoisotopic (exact) mass is 409 g/mol. The molecule has 7 nitrogen and oxygen atoms in total. The number of anilines is 1. The van der Waals surface area contributed by atoms with Crippen LogP contribution in [0.5, 0.6) is 0 Å². The third kappa shape index (κ3) is 3.69. The zero-order valence-corrected chi connectivity index (χ0v) is 16.8. The van der Waals surface area contributed by atoms with Gasteiger partial charge < -0.3 is 9.84 Å². The van der Waals surface area contributed by atoms with E-state index in [1.54, 1.807) is 19.2 Å². The van der Waals surface area contributed by atoms with Gasteiger partial charge in [-0.1, -0.05) is 53.7 Å².